The Morgan fingerprint density at radius 2 is 1.82 bits per heavy atom. The highest BCUT2D eigenvalue weighted by atomic mass is 127. The van der Waals surface area contributed by atoms with Crippen molar-refractivity contribution in [2.45, 2.75) is 26.4 Å². The molecule has 1 N–H and O–H groups in total. The zero-order valence-electron chi connectivity index (χ0n) is 20.4. The molecule has 0 unspecified atom stereocenters. The summed E-state index contributed by atoms with van der Waals surface area (Å²) >= 11 is 0. The minimum absolute atomic E-state index is 0. The van der Waals surface area contributed by atoms with E-state index in [1.165, 1.54) is 16.3 Å². The number of methoxy groups -OCH3 is 1. The van der Waals surface area contributed by atoms with Gasteiger partial charge in [-0.1, -0.05) is 42.5 Å². The van der Waals surface area contributed by atoms with Crippen molar-refractivity contribution in [3.63, 3.8) is 0 Å². The van der Waals surface area contributed by atoms with E-state index in [-0.39, 0.29) is 24.0 Å². The average molecular weight is 578 g/mol. The summed E-state index contributed by atoms with van der Waals surface area (Å²) in [5.74, 6) is 2.71. The Bertz CT molecular complexity index is 1070. The number of nitrogens with zero attached hydrogens (tertiary/aromatic N) is 6. The van der Waals surface area contributed by atoms with Gasteiger partial charge in [-0.3, -0.25) is 4.90 Å². The number of hydrogen-bond acceptors (Lipinski definition) is 5. The molecule has 1 saturated heterocycles. The topological polar surface area (TPSA) is 70.8 Å². The zero-order valence-corrected chi connectivity index (χ0v) is 22.7. The van der Waals surface area contributed by atoms with E-state index < -0.39 is 0 Å². The van der Waals surface area contributed by atoms with Crippen LogP contribution in [0.2, 0.25) is 0 Å². The van der Waals surface area contributed by atoms with Crippen LogP contribution in [0.4, 0.5) is 0 Å². The number of piperazine rings is 1. The van der Waals surface area contributed by atoms with Gasteiger partial charge in [0.15, 0.2) is 11.8 Å². The maximum atomic E-state index is 5.20. The fraction of sp³-hybridized carbons (Fsp3) is 0.480. The molecule has 0 saturated carbocycles. The molecule has 34 heavy (non-hydrogen) atoms. The molecule has 9 heteroatoms. The van der Waals surface area contributed by atoms with Crippen molar-refractivity contribution >= 4 is 40.7 Å². The smallest absolute Gasteiger partial charge is 0.194 e. The van der Waals surface area contributed by atoms with E-state index in [0.717, 1.165) is 69.9 Å². The lowest BCUT2D eigenvalue weighted by Crippen LogP contribution is -2.52. The third-order valence-electron chi connectivity index (χ3n) is 6.31. The van der Waals surface area contributed by atoms with Gasteiger partial charge in [-0.2, -0.15) is 0 Å². The van der Waals surface area contributed by atoms with Crippen molar-refractivity contribution in [3.05, 3.63) is 59.7 Å². The first-order valence-electron chi connectivity index (χ1n) is 11.7. The van der Waals surface area contributed by atoms with Crippen molar-refractivity contribution in [1.82, 2.24) is 29.9 Å². The van der Waals surface area contributed by atoms with Crippen molar-refractivity contribution in [2.24, 2.45) is 12.0 Å². The first-order chi connectivity index (χ1) is 16.2. The number of hydrogen-bond donors (Lipinski definition) is 1. The summed E-state index contributed by atoms with van der Waals surface area (Å²) in [6.45, 7) is 8.91. The fourth-order valence-electron chi connectivity index (χ4n) is 4.21. The molecule has 2 aromatic carbocycles. The lowest BCUT2D eigenvalue weighted by atomic mass is 10.0. The van der Waals surface area contributed by atoms with Crippen LogP contribution in [0.3, 0.4) is 0 Å². The molecule has 3 aromatic rings. The van der Waals surface area contributed by atoms with Crippen LogP contribution in [0.15, 0.2) is 47.5 Å². The summed E-state index contributed by atoms with van der Waals surface area (Å²) in [5, 5.41) is 14.6. The SMILES string of the molecule is COCCCNC(=NCc1nnc(C)n1C)N1CCN(Cc2cccc3ccccc23)CC1.I. The van der Waals surface area contributed by atoms with Gasteiger partial charge in [0.25, 0.3) is 0 Å². The van der Waals surface area contributed by atoms with E-state index in [4.69, 9.17) is 9.73 Å². The second-order valence-corrected chi connectivity index (χ2v) is 8.54. The van der Waals surface area contributed by atoms with Crippen molar-refractivity contribution < 1.29 is 4.74 Å². The molecule has 0 atom stereocenters. The molecular formula is C25H36IN7O. The predicted octanol–water partition coefficient (Wildman–Crippen LogP) is 3.19. The molecule has 0 bridgehead atoms. The summed E-state index contributed by atoms with van der Waals surface area (Å²) in [4.78, 5) is 9.78. The van der Waals surface area contributed by atoms with Crippen LogP contribution in [-0.4, -0.2) is 77.0 Å². The van der Waals surface area contributed by atoms with Gasteiger partial charge in [0.1, 0.15) is 12.4 Å². The molecule has 1 aliphatic rings. The highest BCUT2D eigenvalue weighted by Crippen LogP contribution is 2.20. The number of halogens is 1. The normalized spacial score (nSPS) is 14.9. The highest BCUT2D eigenvalue weighted by Gasteiger charge is 2.20. The van der Waals surface area contributed by atoms with E-state index in [1.54, 1.807) is 7.11 Å². The second-order valence-electron chi connectivity index (χ2n) is 8.54. The number of fused-ring (bicyclic) bond motifs is 1. The largest absolute Gasteiger partial charge is 0.385 e. The summed E-state index contributed by atoms with van der Waals surface area (Å²) in [5.41, 5.74) is 1.39. The van der Waals surface area contributed by atoms with Crippen molar-refractivity contribution in [2.75, 3.05) is 46.4 Å². The summed E-state index contributed by atoms with van der Waals surface area (Å²) < 4.78 is 7.19. The van der Waals surface area contributed by atoms with Crippen LogP contribution < -0.4 is 5.32 Å². The van der Waals surface area contributed by atoms with Crippen LogP contribution in [0.25, 0.3) is 10.8 Å². The van der Waals surface area contributed by atoms with Gasteiger partial charge in [0.05, 0.1) is 0 Å². The third-order valence-corrected chi connectivity index (χ3v) is 6.31. The van der Waals surface area contributed by atoms with Gasteiger partial charge in [0, 0.05) is 60.0 Å². The number of guanidine groups is 1. The molecule has 0 spiro atoms. The van der Waals surface area contributed by atoms with Gasteiger partial charge >= 0.3 is 0 Å². The van der Waals surface area contributed by atoms with Crippen LogP contribution in [0, 0.1) is 6.92 Å². The average Bonchev–Trinajstić information content (AvgIpc) is 3.17. The molecule has 2 heterocycles. The molecule has 4 rings (SSSR count). The maximum Gasteiger partial charge on any atom is 0.194 e. The van der Waals surface area contributed by atoms with Gasteiger partial charge in [0.2, 0.25) is 0 Å². The van der Waals surface area contributed by atoms with E-state index in [2.05, 4.69) is 67.8 Å². The fourth-order valence-corrected chi connectivity index (χ4v) is 4.21. The van der Waals surface area contributed by atoms with Crippen LogP contribution >= 0.6 is 24.0 Å². The zero-order chi connectivity index (χ0) is 23.0. The number of aryl methyl sites for hydroxylation is 1. The van der Waals surface area contributed by atoms with E-state index in [9.17, 15) is 0 Å². The highest BCUT2D eigenvalue weighted by molar-refractivity contribution is 14.0. The molecule has 0 amide bonds. The number of benzene rings is 2. The Morgan fingerprint density at radius 1 is 1.06 bits per heavy atom. The quantitative estimate of drug-likeness (QED) is 0.192. The first-order valence-corrected chi connectivity index (χ1v) is 11.7. The number of nitrogens with one attached hydrogen (secondary N) is 1. The maximum absolute atomic E-state index is 5.20. The molecule has 1 aliphatic heterocycles. The Kier molecular flexibility index (Phi) is 10.1. The lowest BCUT2D eigenvalue weighted by Gasteiger charge is -2.36. The molecular weight excluding hydrogens is 541 g/mol. The monoisotopic (exact) mass is 577 g/mol. The summed E-state index contributed by atoms with van der Waals surface area (Å²) in [7, 11) is 3.72. The summed E-state index contributed by atoms with van der Waals surface area (Å²) in [6, 6.07) is 15.2. The lowest BCUT2D eigenvalue weighted by molar-refractivity contribution is 0.171. The minimum Gasteiger partial charge on any atom is -0.385 e. The van der Waals surface area contributed by atoms with Crippen LogP contribution in [0.5, 0.6) is 0 Å². The number of aromatic nitrogens is 3. The van der Waals surface area contributed by atoms with Crippen molar-refractivity contribution in [1.29, 1.82) is 0 Å². The minimum atomic E-state index is 0. The number of rotatable bonds is 8. The molecule has 0 aliphatic carbocycles. The van der Waals surface area contributed by atoms with Gasteiger partial charge < -0.3 is 19.5 Å². The first kappa shape index (κ1) is 26.4. The molecule has 184 valence electrons. The Balaban J connectivity index is 0.00000324. The van der Waals surface area contributed by atoms with E-state index >= 15 is 0 Å². The Hall–Kier alpha value is -2.24. The molecule has 1 aromatic heterocycles. The third kappa shape index (κ3) is 6.67. The summed E-state index contributed by atoms with van der Waals surface area (Å²) in [6.07, 6.45) is 0.944. The Morgan fingerprint density at radius 3 is 2.56 bits per heavy atom. The standard InChI is InChI=1S/C25H35N7O.HI/c1-20-28-29-24(30(20)2)18-27-25(26-12-7-17-33-3)32-15-13-31(14-16-32)19-22-10-6-9-21-8-4-5-11-23(21)22;/h4-6,8-11H,7,12-19H2,1-3H3,(H,26,27);1H. The Labute approximate surface area is 219 Å². The van der Waals surface area contributed by atoms with E-state index in [0.29, 0.717) is 6.54 Å². The van der Waals surface area contributed by atoms with Gasteiger partial charge in [-0.05, 0) is 29.7 Å². The van der Waals surface area contributed by atoms with Crippen LogP contribution in [0.1, 0.15) is 23.6 Å². The predicted molar refractivity (Wildman–Crippen MR) is 148 cm³/mol. The molecule has 8 nitrogen and oxygen atoms in total. The van der Waals surface area contributed by atoms with E-state index in [1.807, 2.05) is 18.5 Å². The van der Waals surface area contributed by atoms with Gasteiger partial charge in [-0.15, -0.1) is 34.2 Å². The van der Waals surface area contributed by atoms with Crippen molar-refractivity contribution in [3.8, 4) is 0 Å². The van der Waals surface area contributed by atoms with Gasteiger partial charge in [-0.25, -0.2) is 4.99 Å². The molecule has 0 radical (unpaired) electrons. The second kappa shape index (κ2) is 13.0. The number of aliphatic imine (C=N–C) groups is 1. The molecule has 1 fully saturated rings. The number of ether oxygens (including phenoxy) is 1. The van der Waals surface area contributed by atoms with Crippen LogP contribution in [-0.2, 0) is 24.9 Å².